The highest BCUT2D eigenvalue weighted by Crippen LogP contribution is 2.41. The van der Waals surface area contributed by atoms with Crippen molar-refractivity contribution in [2.45, 2.75) is 50.7 Å². The summed E-state index contributed by atoms with van der Waals surface area (Å²) in [7, 11) is 1.73. The molecule has 0 spiro atoms. The first-order valence-electron chi connectivity index (χ1n) is 7.00. The number of nitrogens with zero attached hydrogens (tertiary/aromatic N) is 1. The van der Waals surface area contributed by atoms with Gasteiger partial charge in [-0.05, 0) is 31.7 Å². The van der Waals surface area contributed by atoms with Crippen molar-refractivity contribution in [2.75, 3.05) is 13.7 Å². The van der Waals surface area contributed by atoms with E-state index in [2.05, 4.69) is 11.9 Å². The molecule has 1 aliphatic carbocycles. The standard InChI is InChI=1S/C15H23NO3/c1-3-7-19-13-8-12(10-16-11-13)14(17)9-15(18-2)5-4-6-15/h8,10-11,14,17H,3-7,9H2,1-2H3. The summed E-state index contributed by atoms with van der Waals surface area (Å²) in [6.45, 7) is 2.73. The minimum atomic E-state index is -0.544. The SMILES string of the molecule is CCCOc1cncc(C(O)CC2(OC)CCC2)c1. The fourth-order valence-corrected chi connectivity index (χ4v) is 2.45. The predicted octanol–water partition coefficient (Wildman–Crippen LogP) is 2.86. The Hall–Kier alpha value is -1.13. The normalized spacial score (nSPS) is 18.7. The number of pyridine rings is 1. The van der Waals surface area contributed by atoms with Crippen LogP contribution >= 0.6 is 0 Å². The number of aliphatic hydroxyl groups is 1. The van der Waals surface area contributed by atoms with Gasteiger partial charge >= 0.3 is 0 Å². The summed E-state index contributed by atoms with van der Waals surface area (Å²) in [5, 5.41) is 10.3. The highest BCUT2D eigenvalue weighted by molar-refractivity contribution is 5.25. The molecule has 1 saturated carbocycles. The maximum absolute atomic E-state index is 10.3. The zero-order valence-corrected chi connectivity index (χ0v) is 11.8. The summed E-state index contributed by atoms with van der Waals surface area (Å²) < 4.78 is 11.1. The minimum absolute atomic E-state index is 0.139. The van der Waals surface area contributed by atoms with Gasteiger partial charge in [-0.2, -0.15) is 0 Å². The van der Waals surface area contributed by atoms with Crippen LogP contribution in [0.3, 0.4) is 0 Å². The molecule has 0 aliphatic heterocycles. The highest BCUT2D eigenvalue weighted by Gasteiger charge is 2.39. The molecule has 0 radical (unpaired) electrons. The molecular weight excluding hydrogens is 242 g/mol. The number of ether oxygens (including phenoxy) is 2. The predicted molar refractivity (Wildman–Crippen MR) is 73.2 cm³/mol. The van der Waals surface area contributed by atoms with E-state index in [4.69, 9.17) is 9.47 Å². The molecule has 1 aromatic heterocycles. The molecule has 106 valence electrons. The van der Waals surface area contributed by atoms with Crippen LogP contribution in [0.2, 0.25) is 0 Å². The molecule has 19 heavy (non-hydrogen) atoms. The molecule has 1 N–H and O–H groups in total. The van der Waals surface area contributed by atoms with E-state index in [1.807, 2.05) is 6.07 Å². The van der Waals surface area contributed by atoms with E-state index in [0.29, 0.717) is 13.0 Å². The second-order valence-corrected chi connectivity index (χ2v) is 5.26. The summed E-state index contributed by atoms with van der Waals surface area (Å²) in [4.78, 5) is 4.13. The van der Waals surface area contributed by atoms with Crippen LogP contribution < -0.4 is 4.74 Å². The molecular formula is C15H23NO3. The molecule has 4 nitrogen and oxygen atoms in total. The summed E-state index contributed by atoms with van der Waals surface area (Å²) in [6.07, 6.45) is 7.66. The summed E-state index contributed by atoms with van der Waals surface area (Å²) in [6, 6.07) is 1.87. The number of rotatable bonds is 7. The number of hydrogen-bond acceptors (Lipinski definition) is 4. The van der Waals surface area contributed by atoms with Crippen LogP contribution in [0, 0.1) is 0 Å². The van der Waals surface area contributed by atoms with Crippen LogP contribution in [0.25, 0.3) is 0 Å². The molecule has 1 aliphatic rings. The zero-order valence-electron chi connectivity index (χ0n) is 11.8. The molecule has 1 fully saturated rings. The number of aliphatic hydroxyl groups excluding tert-OH is 1. The maximum atomic E-state index is 10.3. The highest BCUT2D eigenvalue weighted by atomic mass is 16.5. The molecule has 0 bridgehead atoms. The first-order valence-corrected chi connectivity index (χ1v) is 7.00. The van der Waals surface area contributed by atoms with Gasteiger partial charge in [0, 0.05) is 25.3 Å². The molecule has 1 aromatic rings. The van der Waals surface area contributed by atoms with Crippen LogP contribution in [0.5, 0.6) is 5.75 Å². The van der Waals surface area contributed by atoms with Crippen molar-refractivity contribution in [2.24, 2.45) is 0 Å². The fraction of sp³-hybridized carbons (Fsp3) is 0.667. The lowest BCUT2D eigenvalue weighted by atomic mass is 9.75. The quantitative estimate of drug-likeness (QED) is 0.823. The average molecular weight is 265 g/mol. The Labute approximate surface area is 114 Å². The molecule has 0 aromatic carbocycles. The minimum Gasteiger partial charge on any atom is -0.492 e. The van der Waals surface area contributed by atoms with Gasteiger partial charge in [0.2, 0.25) is 0 Å². The Morgan fingerprint density at radius 3 is 2.79 bits per heavy atom. The fourth-order valence-electron chi connectivity index (χ4n) is 2.45. The lowest BCUT2D eigenvalue weighted by Gasteiger charge is -2.41. The molecule has 0 amide bonds. The van der Waals surface area contributed by atoms with Gasteiger partial charge in [0.05, 0.1) is 24.5 Å². The van der Waals surface area contributed by atoms with Gasteiger partial charge in [0.25, 0.3) is 0 Å². The molecule has 0 saturated heterocycles. The van der Waals surface area contributed by atoms with Crippen LogP contribution in [0.15, 0.2) is 18.5 Å². The van der Waals surface area contributed by atoms with Gasteiger partial charge in [-0.25, -0.2) is 0 Å². The summed E-state index contributed by atoms with van der Waals surface area (Å²) in [5.41, 5.74) is 0.664. The first kappa shape index (κ1) is 14.3. The third kappa shape index (κ3) is 3.45. The van der Waals surface area contributed by atoms with E-state index < -0.39 is 6.10 Å². The van der Waals surface area contributed by atoms with Crippen LogP contribution in [0.4, 0.5) is 0 Å². The van der Waals surface area contributed by atoms with Gasteiger partial charge in [-0.15, -0.1) is 0 Å². The second-order valence-electron chi connectivity index (χ2n) is 5.26. The molecule has 1 unspecified atom stereocenters. The number of methoxy groups -OCH3 is 1. The van der Waals surface area contributed by atoms with E-state index in [1.165, 1.54) is 6.42 Å². The molecule has 1 atom stereocenters. The van der Waals surface area contributed by atoms with Crippen molar-refractivity contribution >= 4 is 0 Å². The lowest BCUT2D eigenvalue weighted by Crippen LogP contribution is -2.40. The maximum Gasteiger partial charge on any atom is 0.137 e. The van der Waals surface area contributed by atoms with Crippen molar-refractivity contribution in [1.29, 1.82) is 0 Å². The van der Waals surface area contributed by atoms with E-state index in [0.717, 1.165) is 30.6 Å². The number of aromatic nitrogens is 1. The summed E-state index contributed by atoms with van der Waals surface area (Å²) >= 11 is 0. The monoisotopic (exact) mass is 265 g/mol. The molecule has 2 rings (SSSR count). The molecule has 1 heterocycles. The third-order valence-electron chi connectivity index (χ3n) is 3.86. The van der Waals surface area contributed by atoms with Gasteiger partial charge in [-0.3, -0.25) is 4.98 Å². The Bertz CT molecular complexity index is 399. The third-order valence-corrected chi connectivity index (χ3v) is 3.86. The van der Waals surface area contributed by atoms with E-state index in [1.54, 1.807) is 19.5 Å². The van der Waals surface area contributed by atoms with E-state index in [-0.39, 0.29) is 5.60 Å². The zero-order chi connectivity index (χ0) is 13.7. The van der Waals surface area contributed by atoms with Gasteiger partial charge in [0.15, 0.2) is 0 Å². The lowest BCUT2D eigenvalue weighted by molar-refractivity contribution is -0.0999. The van der Waals surface area contributed by atoms with Gasteiger partial charge < -0.3 is 14.6 Å². The Morgan fingerprint density at radius 2 is 2.21 bits per heavy atom. The first-order chi connectivity index (χ1) is 9.19. The van der Waals surface area contributed by atoms with Crippen LogP contribution in [-0.4, -0.2) is 29.4 Å². The van der Waals surface area contributed by atoms with Crippen LogP contribution in [0.1, 0.15) is 50.7 Å². The van der Waals surface area contributed by atoms with Gasteiger partial charge in [-0.1, -0.05) is 6.92 Å². The van der Waals surface area contributed by atoms with Crippen molar-refractivity contribution in [3.05, 3.63) is 24.0 Å². The van der Waals surface area contributed by atoms with Gasteiger partial charge in [0.1, 0.15) is 5.75 Å². The Morgan fingerprint density at radius 1 is 1.42 bits per heavy atom. The van der Waals surface area contributed by atoms with Crippen LogP contribution in [-0.2, 0) is 4.74 Å². The topological polar surface area (TPSA) is 51.6 Å². The van der Waals surface area contributed by atoms with Crippen molar-refractivity contribution in [1.82, 2.24) is 4.98 Å². The largest absolute Gasteiger partial charge is 0.492 e. The van der Waals surface area contributed by atoms with E-state index >= 15 is 0 Å². The molecule has 4 heteroatoms. The Balaban J connectivity index is 2.00. The average Bonchev–Trinajstić information content (AvgIpc) is 2.40. The Kier molecular flexibility index (Phi) is 4.77. The second kappa shape index (κ2) is 6.35. The van der Waals surface area contributed by atoms with Crippen molar-refractivity contribution in [3.8, 4) is 5.75 Å². The van der Waals surface area contributed by atoms with E-state index in [9.17, 15) is 5.11 Å². The van der Waals surface area contributed by atoms with Crippen molar-refractivity contribution < 1.29 is 14.6 Å². The summed E-state index contributed by atoms with van der Waals surface area (Å²) in [5.74, 6) is 0.721. The van der Waals surface area contributed by atoms with Crippen molar-refractivity contribution in [3.63, 3.8) is 0 Å². The smallest absolute Gasteiger partial charge is 0.137 e. The number of hydrogen-bond donors (Lipinski definition) is 1.